The van der Waals surface area contributed by atoms with Crippen molar-refractivity contribution in [3.05, 3.63) is 29.3 Å². The highest BCUT2D eigenvalue weighted by Crippen LogP contribution is 2.30. The minimum absolute atomic E-state index is 0.245. The molecular formula is C15H24N2O. The van der Waals surface area contributed by atoms with Crippen LogP contribution in [0, 0.1) is 6.92 Å². The Morgan fingerprint density at radius 3 is 2.89 bits per heavy atom. The Bertz CT molecular complexity index is 399. The summed E-state index contributed by atoms with van der Waals surface area (Å²) in [5, 5.41) is 13.5. The summed E-state index contributed by atoms with van der Waals surface area (Å²) in [6, 6.07) is 6.65. The van der Waals surface area contributed by atoms with Gasteiger partial charge in [0.05, 0.1) is 0 Å². The second-order valence-electron chi connectivity index (χ2n) is 5.40. The summed E-state index contributed by atoms with van der Waals surface area (Å²) in [6.07, 6.45) is 2.47. The van der Waals surface area contributed by atoms with Crippen LogP contribution in [-0.2, 0) is 0 Å². The molecule has 100 valence electrons. The maximum Gasteiger partial charge on any atom is 0.120 e. The number of aromatic hydroxyl groups is 1. The molecule has 0 saturated carbocycles. The van der Waals surface area contributed by atoms with Crippen LogP contribution in [-0.4, -0.2) is 36.2 Å². The van der Waals surface area contributed by atoms with Gasteiger partial charge in [-0.25, -0.2) is 0 Å². The van der Waals surface area contributed by atoms with Crippen molar-refractivity contribution in [2.45, 2.75) is 38.8 Å². The van der Waals surface area contributed by atoms with Gasteiger partial charge >= 0.3 is 0 Å². The Hall–Kier alpha value is -1.06. The Labute approximate surface area is 110 Å². The summed E-state index contributed by atoms with van der Waals surface area (Å²) in [6.45, 7) is 6.42. The molecule has 2 N–H and O–H groups in total. The highest BCUT2D eigenvalue weighted by Gasteiger charge is 2.24. The molecule has 2 unspecified atom stereocenters. The minimum Gasteiger partial charge on any atom is -0.508 e. The third-order valence-electron chi connectivity index (χ3n) is 4.09. The predicted octanol–water partition coefficient (Wildman–Crippen LogP) is 2.45. The Morgan fingerprint density at radius 1 is 1.44 bits per heavy atom. The van der Waals surface area contributed by atoms with Gasteiger partial charge in [-0.2, -0.15) is 0 Å². The molecule has 1 aromatic carbocycles. The third kappa shape index (κ3) is 2.85. The molecule has 1 heterocycles. The first-order chi connectivity index (χ1) is 8.59. The number of hydrogen-bond acceptors (Lipinski definition) is 3. The monoisotopic (exact) mass is 248 g/mol. The molecule has 18 heavy (non-hydrogen) atoms. The molecule has 3 nitrogen and oxygen atoms in total. The van der Waals surface area contributed by atoms with Crippen molar-refractivity contribution in [2.24, 2.45) is 0 Å². The highest BCUT2D eigenvalue weighted by molar-refractivity contribution is 5.37. The maximum absolute atomic E-state index is 10.0. The van der Waals surface area contributed by atoms with Crippen LogP contribution in [0.2, 0.25) is 0 Å². The van der Waals surface area contributed by atoms with Gasteiger partial charge < -0.3 is 10.4 Å². The van der Waals surface area contributed by atoms with Crippen molar-refractivity contribution in [3.8, 4) is 5.75 Å². The molecule has 0 aliphatic carbocycles. The zero-order chi connectivity index (χ0) is 13.1. The van der Waals surface area contributed by atoms with E-state index in [1.807, 2.05) is 6.07 Å². The molecule has 0 spiro atoms. The highest BCUT2D eigenvalue weighted by atomic mass is 16.3. The van der Waals surface area contributed by atoms with Crippen molar-refractivity contribution < 1.29 is 5.11 Å². The van der Waals surface area contributed by atoms with Gasteiger partial charge in [-0.3, -0.25) is 4.90 Å². The van der Waals surface area contributed by atoms with Crippen LogP contribution >= 0.6 is 0 Å². The van der Waals surface area contributed by atoms with Gasteiger partial charge in [-0.15, -0.1) is 0 Å². The van der Waals surface area contributed by atoms with E-state index < -0.39 is 0 Å². The van der Waals surface area contributed by atoms with E-state index in [1.54, 1.807) is 6.07 Å². The SMILES string of the molecule is Cc1ccc(O)c(C(C)N(C)C2CCCNC2)c1. The van der Waals surface area contributed by atoms with Gasteiger partial charge in [0.15, 0.2) is 0 Å². The molecule has 0 bridgehead atoms. The first kappa shape index (κ1) is 13.4. The van der Waals surface area contributed by atoms with Crippen molar-refractivity contribution in [1.29, 1.82) is 0 Å². The van der Waals surface area contributed by atoms with E-state index in [0.29, 0.717) is 11.8 Å². The first-order valence-electron chi connectivity index (χ1n) is 6.81. The number of phenolic OH excluding ortho intramolecular Hbond substituents is 1. The minimum atomic E-state index is 0.245. The number of piperidine rings is 1. The van der Waals surface area contributed by atoms with Gasteiger partial charge in [0.2, 0.25) is 0 Å². The number of likely N-dealkylation sites (N-methyl/N-ethyl adjacent to an activating group) is 1. The smallest absolute Gasteiger partial charge is 0.120 e. The van der Waals surface area contributed by atoms with Crippen molar-refractivity contribution >= 4 is 0 Å². The summed E-state index contributed by atoms with van der Waals surface area (Å²) >= 11 is 0. The zero-order valence-corrected chi connectivity index (χ0v) is 11.6. The second kappa shape index (κ2) is 5.72. The molecule has 3 heteroatoms. The van der Waals surface area contributed by atoms with E-state index in [0.717, 1.165) is 18.7 Å². The first-order valence-corrected chi connectivity index (χ1v) is 6.81. The molecule has 0 aromatic heterocycles. The van der Waals surface area contributed by atoms with E-state index in [9.17, 15) is 5.11 Å². The average Bonchev–Trinajstić information content (AvgIpc) is 2.41. The fraction of sp³-hybridized carbons (Fsp3) is 0.600. The molecule has 1 fully saturated rings. The van der Waals surface area contributed by atoms with Crippen LogP contribution in [0.3, 0.4) is 0 Å². The van der Waals surface area contributed by atoms with Crippen LogP contribution in [0.4, 0.5) is 0 Å². The quantitative estimate of drug-likeness (QED) is 0.862. The molecule has 1 aliphatic rings. The molecule has 1 aliphatic heterocycles. The lowest BCUT2D eigenvalue weighted by atomic mass is 9.99. The summed E-state index contributed by atoms with van der Waals surface area (Å²) < 4.78 is 0. The fourth-order valence-corrected chi connectivity index (χ4v) is 2.73. The molecule has 2 atom stereocenters. The van der Waals surface area contributed by atoms with Gasteiger partial charge in [-0.05, 0) is 46.3 Å². The number of rotatable bonds is 3. The van der Waals surface area contributed by atoms with E-state index in [-0.39, 0.29) is 6.04 Å². The van der Waals surface area contributed by atoms with Crippen LogP contribution in [0.25, 0.3) is 0 Å². The topological polar surface area (TPSA) is 35.5 Å². The molecular weight excluding hydrogens is 224 g/mol. The Morgan fingerprint density at radius 2 is 2.22 bits per heavy atom. The maximum atomic E-state index is 10.0. The lowest BCUT2D eigenvalue weighted by Gasteiger charge is -2.36. The average molecular weight is 248 g/mol. The van der Waals surface area contributed by atoms with E-state index in [4.69, 9.17) is 0 Å². The second-order valence-corrected chi connectivity index (χ2v) is 5.40. The summed E-state index contributed by atoms with van der Waals surface area (Å²) in [7, 11) is 2.16. The van der Waals surface area contributed by atoms with Crippen LogP contribution in [0.15, 0.2) is 18.2 Å². The summed E-state index contributed by atoms with van der Waals surface area (Å²) in [5.41, 5.74) is 2.23. The van der Waals surface area contributed by atoms with Gasteiger partial charge in [0, 0.05) is 24.2 Å². The van der Waals surface area contributed by atoms with Gasteiger partial charge in [0.1, 0.15) is 5.75 Å². The van der Waals surface area contributed by atoms with Crippen molar-refractivity contribution in [1.82, 2.24) is 10.2 Å². The van der Waals surface area contributed by atoms with Crippen LogP contribution in [0.5, 0.6) is 5.75 Å². The Balaban J connectivity index is 2.13. The summed E-state index contributed by atoms with van der Waals surface area (Å²) in [4.78, 5) is 2.38. The fourth-order valence-electron chi connectivity index (χ4n) is 2.73. The van der Waals surface area contributed by atoms with Crippen LogP contribution < -0.4 is 5.32 Å². The number of phenols is 1. The van der Waals surface area contributed by atoms with Gasteiger partial charge in [0.25, 0.3) is 0 Å². The van der Waals surface area contributed by atoms with Crippen LogP contribution in [0.1, 0.15) is 36.9 Å². The lowest BCUT2D eigenvalue weighted by molar-refractivity contribution is 0.154. The standard InChI is InChI=1S/C15H24N2O/c1-11-6-7-15(18)14(9-11)12(2)17(3)13-5-4-8-16-10-13/h6-7,9,12-13,16,18H,4-5,8,10H2,1-3H3. The summed E-state index contributed by atoms with van der Waals surface area (Å²) in [5.74, 6) is 0.406. The van der Waals surface area contributed by atoms with Crippen molar-refractivity contribution in [2.75, 3.05) is 20.1 Å². The molecule has 2 rings (SSSR count). The predicted molar refractivity (Wildman–Crippen MR) is 74.9 cm³/mol. The largest absolute Gasteiger partial charge is 0.508 e. The number of aryl methyl sites for hydroxylation is 1. The van der Waals surface area contributed by atoms with E-state index >= 15 is 0 Å². The molecule has 1 saturated heterocycles. The van der Waals surface area contributed by atoms with Gasteiger partial charge in [-0.1, -0.05) is 17.7 Å². The van der Waals surface area contributed by atoms with E-state index in [2.05, 4.69) is 37.2 Å². The molecule has 0 amide bonds. The van der Waals surface area contributed by atoms with Crippen molar-refractivity contribution in [3.63, 3.8) is 0 Å². The molecule has 0 radical (unpaired) electrons. The zero-order valence-electron chi connectivity index (χ0n) is 11.6. The normalized spacial score (nSPS) is 22.1. The Kier molecular flexibility index (Phi) is 4.25. The lowest BCUT2D eigenvalue weighted by Crippen LogP contribution is -2.45. The molecule has 1 aromatic rings. The number of hydrogen-bond donors (Lipinski definition) is 2. The number of benzene rings is 1. The van der Waals surface area contributed by atoms with E-state index in [1.165, 1.54) is 18.4 Å². The third-order valence-corrected chi connectivity index (χ3v) is 4.09. The number of nitrogens with zero attached hydrogens (tertiary/aromatic N) is 1. The number of nitrogens with one attached hydrogen (secondary N) is 1.